The van der Waals surface area contributed by atoms with Crippen LogP contribution < -0.4 is 24.7 Å². The van der Waals surface area contributed by atoms with Crippen molar-refractivity contribution >= 4 is 0 Å². The van der Waals surface area contributed by atoms with Gasteiger partial charge in [-0.1, -0.05) is 24.3 Å². The molecular weight excluding hydrogens is 463 g/mol. The number of allylic oxidation sites excluding steroid dienone is 1. The fourth-order valence-corrected chi connectivity index (χ4v) is 4.35. The van der Waals surface area contributed by atoms with Gasteiger partial charge in [0, 0.05) is 5.56 Å². The van der Waals surface area contributed by atoms with E-state index in [1.807, 2.05) is 42.5 Å². The van der Waals surface area contributed by atoms with E-state index in [9.17, 15) is 9.65 Å². The molecule has 3 aromatic carbocycles. The molecule has 0 saturated heterocycles. The molecule has 0 spiro atoms. The number of hydrogen-bond acceptors (Lipinski definition) is 7. The Morgan fingerprint density at radius 3 is 2.61 bits per heavy atom. The number of H-pyrrole nitrogens is 1. The molecule has 0 saturated carbocycles. The lowest BCUT2D eigenvalue weighted by molar-refractivity contribution is 0.174. The third-order valence-corrected chi connectivity index (χ3v) is 6.13. The minimum Gasteiger partial charge on any atom is -0.489 e. The molecule has 0 radical (unpaired) electrons. The number of nitrogens with one attached hydrogen (secondary N) is 1. The fourth-order valence-electron chi connectivity index (χ4n) is 4.35. The first-order chi connectivity index (χ1) is 17.6. The molecule has 1 aromatic heterocycles. The maximum absolute atomic E-state index is 13.1. The van der Waals surface area contributed by atoms with Gasteiger partial charge in [0.05, 0.1) is 17.2 Å². The molecule has 9 heteroatoms. The molecule has 0 fully saturated rings. The third-order valence-electron chi connectivity index (χ3n) is 6.13. The molecule has 6 rings (SSSR count). The van der Waals surface area contributed by atoms with Gasteiger partial charge >= 0.3 is 0 Å². The highest BCUT2D eigenvalue weighted by molar-refractivity contribution is 5.73. The first kappa shape index (κ1) is 21.6. The zero-order chi connectivity index (χ0) is 24.6. The Hall–Kier alpha value is -4.97. The molecule has 0 unspecified atom stereocenters. The largest absolute Gasteiger partial charge is 0.489 e. The summed E-state index contributed by atoms with van der Waals surface area (Å²) >= 11 is 0. The Morgan fingerprint density at radius 1 is 1.06 bits per heavy atom. The van der Waals surface area contributed by atoms with Crippen molar-refractivity contribution in [1.29, 1.82) is 5.26 Å². The maximum atomic E-state index is 13.1. The molecule has 2 aliphatic rings. The van der Waals surface area contributed by atoms with Gasteiger partial charge < -0.3 is 24.7 Å². The number of rotatable bonds is 5. The van der Waals surface area contributed by atoms with Crippen LogP contribution in [0.1, 0.15) is 22.6 Å². The number of nitriles is 1. The van der Waals surface area contributed by atoms with Gasteiger partial charge in [0.25, 0.3) is 0 Å². The van der Waals surface area contributed by atoms with Gasteiger partial charge in [-0.05, 0) is 53.6 Å². The van der Waals surface area contributed by atoms with E-state index in [1.165, 1.54) is 12.1 Å². The predicted molar refractivity (Wildman–Crippen MR) is 127 cm³/mol. The van der Waals surface area contributed by atoms with E-state index in [4.69, 9.17) is 24.7 Å². The molecular formula is C27H19FN4O4. The van der Waals surface area contributed by atoms with Crippen molar-refractivity contribution in [3.63, 3.8) is 0 Å². The zero-order valence-corrected chi connectivity index (χ0v) is 18.8. The summed E-state index contributed by atoms with van der Waals surface area (Å²) in [7, 11) is 0. The summed E-state index contributed by atoms with van der Waals surface area (Å²) in [6.45, 7) is 0.465. The highest BCUT2D eigenvalue weighted by Crippen LogP contribution is 2.47. The van der Waals surface area contributed by atoms with E-state index in [0.29, 0.717) is 41.0 Å². The van der Waals surface area contributed by atoms with E-state index in [2.05, 4.69) is 16.3 Å². The Bertz CT molecular complexity index is 1520. The molecule has 2 aliphatic heterocycles. The Labute approximate surface area is 205 Å². The lowest BCUT2D eigenvalue weighted by Crippen LogP contribution is -2.21. The minimum atomic E-state index is -0.510. The van der Waals surface area contributed by atoms with Gasteiger partial charge in [0.1, 0.15) is 29.8 Å². The van der Waals surface area contributed by atoms with Crippen molar-refractivity contribution in [3.05, 3.63) is 101 Å². The molecule has 178 valence electrons. The zero-order valence-electron chi connectivity index (χ0n) is 18.8. The minimum absolute atomic E-state index is 0.00960. The molecule has 8 nitrogen and oxygen atoms in total. The molecule has 0 amide bonds. The topological polar surface area (TPSA) is 115 Å². The van der Waals surface area contributed by atoms with Crippen LogP contribution in [0.3, 0.4) is 0 Å². The summed E-state index contributed by atoms with van der Waals surface area (Å²) in [5.74, 6) is 1.44. The SMILES string of the molecule is N#CC1=C(N)Oc2n[nH]c(-c3ccc4c(c3)OCO4)c2[C@H]1c1ccc(OCc2ccc(F)cc2)cc1. The van der Waals surface area contributed by atoms with Crippen molar-refractivity contribution < 1.29 is 23.3 Å². The smallest absolute Gasteiger partial charge is 0.244 e. The number of hydrogen-bond donors (Lipinski definition) is 2. The standard InChI is InChI=1S/C27H19FN4O4/c28-18-6-1-15(2-7-18)13-33-19-8-3-16(4-9-19)23-20(12-29)26(30)36-27-24(23)25(31-32-27)17-5-10-21-22(11-17)35-14-34-21/h1-11,23H,13-14,30H2,(H,31,32)/t23-/m0/s1. The van der Waals surface area contributed by atoms with Crippen LogP contribution in [0.4, 0.5) is 4.39 Å². The van der Waals surface area contributed by atoms with Crippen LogP contribution in [0.15, 0.2) is 78.2 Å². The maximum Gasteiger partial charge on any atom is 0.244 e. The van der Waals surface area contributed by atoms with Crippen LogP contribution in [-0.4, -0.2) is 17.0 Å². The molecule has 1 atom stereocenters. The summed E-state index contributed by atoms with van der Waals surface area (Å²) in [5.41, 5.74) is 10.2. The van der Waals surface area contributed by atoms with Gasteiger partial charge in [-0.2, -0.15) is 5.26 Å². The van der Waals surface area contributed by atoms with E-state index >= 15 is 0 Å². The van der Waals surface area contributed by atoms with Crippen LogP contribution in [0.5, 0.6) is 23.1 Å². The number of nitrogens with two attached hydrogens (primary N) is 1. The van der Waals surface area contributed by atoms with Gasteiger partial charge in [0.2, 0.25) is 18.6 Å². The van der Waals surface area contributed by atoms with Crippen LogP contribution in [0, 0.1) is 17.1 Å². The quantitative estimate of drug-likeness (QED) is 0.422. The van der Waals surface area contributed by atoms with Crippen molar-refractivity contribution in [2.24, 2.45) is 5.73 Å². The summed E-state index contributed by atoms with van der Waals surface area (Å²) in [6.07, 6.45) is 0. The van der Waals surface area contributed by atoms with Gasteiger partial charge in [-0.15, -0.1) is 5.10 Å². The van der Waals surface area contributed by atoms with E-state index in [0.717, 1.165) is 16.7 Å². The average Bonchev–Trinajstić information content (AvgIpc) is 3.54. The lowest BCUT2D eigenvalue weighted by atomic mass is 9.83. The van der Waals surface area contributed by atoms with E-state index in [1.54, 1.807) is 12.1 Å². The van der Waals surface area contributed by atoms with Gasteiger partial charge in [-0.3, -0.25) is 5.10 Å². The number of nitrogens with zero attached hydrogens (tertiary/aromatic N) is 2. The second-order valence-electron chi connectivity index (χ2n) is 8.29. The molecule has 3 heterocycles. The summed E-state index contributed by atoms with van der Waals surface area (Å²) in [5, 5.41) is 17.3. The van der Waals surface area contributed by atoms with Crippen molar-refractivity contribution in [2.75, 3.05) is 6.79 Å². The third kappa shape index (κ3) is 3.75. The first-order valence-corrected chi connectivity index (χ1v) is 11.1. The van der Waals surface area contributed by atoms with Crippen LogP contribution in [-0.2, 0) is 6.61 Å². The van der Waals surface area contributed by atoms with E-state index in [-0.39, 0.29) is 24.1 Å². The van der Waals surface area contributed by atoms with Crippen LogP contribution >= 0.6 is 0 Å². The first-order valence-electron chi connectivity index (χ1n) is 11.1. The van der Waals surface area contributed by atoms with Crippen LogP contribution in [0.25, 0.3) is 11.3 Å². The predicted octanol–water partition coefficient (Wildman–Crippen LogP) is 4.74. The Balaban J connectivity index is 1.34. The monoisotopic (exact) mass is 482 g/mol. The number of fused-ring (bicyclic) bond motifs is 2. The van der Waals surface area contributed by atoms with Gasteiger partial charge in [0.15, 0.2) is 11.5 Å². The number of ether oxygens (including phenoxy) is 4. The van der Waals surface area contributed by atoms with Crippen LogP contribution in [0.2, 0.25) is 0 Å². The highest BCUT2D eigenvalue weighted by atomic mass is 19.1. The average molecular weight is 482 g/mol. The fraction of sp³-hybridized carbons (Fsp3) is 0.111. The van der Waals surface area contributed by atoms with Crippen molar-refractivity contribution in [3.8, 4) is 40.5 Å². The number of benzene rings is 3. The lowest BCUT2D eigenvalue weighted by Gasteiger charge is -2.24. The Morgan fingerprint density at radius 2 is 1.83 bits per heavy atom. The summed E-state index contributed by atoms with van der Waals surface area (Å²) in [6, 6.07) is 21.3. The second kappa shape index (κ2) is 8.67. The second-order valence-corrected chi connectivity index (χ2v) is 8.29. The van der Waals surface area contributed by atoms with E-state index < -0.39 is 5.92 Å². The molecule has 0 aliphatic carbocycles. The molecule has 36 heavy (non-hydrogen) atoms. The van der Waals surface area contributed by atoms with Gasteiger partial charge in [-0.25, -0.2) is 4.39 Å². The van der Waals surface area contributed by atoms with Crippen molar-refractivity contribution in [1.82, 2.24) is 10.2 Å². The van der Waals surface area contributed by atoms with Crippen molar-refractivity contribution in [2.45, 2.75) is 12.5 Å². The number of halogens is 1. The molecule has 0 bridgehead atoms. The number of aromatic amines is 1. The normalized spacial score (nSPS) is 15.7. The summed E-state index contributed by atoms with van der Waals surface area (Å²) < 4.78 is 35.6. The molecule has 4 aromatic rings. The Kier molecular flexibility index (Phi) is 5.19. The summed E-state index contributed by atoms with van der Waals surface area (Å²) in [4.78, 5) is 0. The molecule has 3 N–H and O–H groups in total. The highest BCUT2D eigenvalue weighted by Gasteiger charge is 2.36. The number of aromatic nitrogens is 2.